The molecule has 0 aliphatic heterocycles. The predicted octanol–water partition coefficient (Wildman–Crippen LogP) is 12.1. The summed E-state index contributed by atoms with van der Waals surface area (Å²) in [7, 11) is 0. The number of benzene rings is 10. The van der Waals surface area contributed by atoms with Gasteiger partial charge >= 0.3 is 0 Å². The van der Waals surface area contributed by atoms with Crippen LogP contribution in [0.1, 0.15) is 0 Å². The van der Waals surface area contributed by atoms with Crippen molar-refractivity contribution in [2.45, 2.75) is 0 Å². The van der Waals surface area contributed by atoms with Gasteiger partial charge in [-0.2, -0.15) is 0 Å². The summed E-state index contributed by atoms with van der Waals surface area (Å²) in [6.45, 7) is 0. The van der Waals surface area contributed by atoms with E-state index in [0.29, 0.717) is 0 Å². The third-order valence-electron chi connectivity index (χ3n) is 9.39. The second-order valence-electron chi connectivity index (χ2n) is 11.8. The van der Waals surface area contributed by atoms with Gasteiger partial charge in [0.1, 0.15) is 0 Å². The van der Waals surface area contributed by atoms with Gasteiger partial charge < -0.3 is 0 Å². The number of rotatable bonds is 0. The predicted molar refractivity (Wildman–Crippen MR) is 184 cm³/mol. The second-order valence-corrected chi connectivity index (χ2v) is 11.8. The van der Waals surface area contributed by atoms with Gasteiger partial charge in [0.25, 0.3) is 0 Å². The fourth-order valence-corrected chi connectivity index (χ4v) is 7.35. The van der Waals surface area contributed by atoms with Crippen LogP contribution in [-0.4, -0.2) is 0 Å². The van der Waals surface area contributed by atoms with Crippen LogP contribution in [0, 0.1) is 0 Å². The van der Waals surface area contributed by atoms with Crippen LogP contribution in [0.2, 0.25) is 0 Å². The van der Waals surface area contributed by atoms with Crippen LogP contribution in [0.3, 0.4) is 0 Å². The molecule has 0 radical (unpaired) electrons. The molecule has 0 saturated carbocycles. The van der Waals surface area contributed by atoms with Crippen LogP contribution >= 0.6 is 0 Å². The normalized spacial score (nSPS) is 12.3. The van der Waals surface area contributed by atoms with Crippen LogP contribution in [0.5, 0.6) is 0 Å². The topological polar surface area (TPSA) is 0 Å². The lowest BCUT2D eigenvalue weighted by Gasteiger charge is -2.13. The Bertz CT molecular complexity index is 2590. The van der Waals surface area contributed by atoms with Gasteiger partial charge in [0.05, 0.1) is 0 Å². The fraction of sp³-hybridized carbons (Fsp3) is 0. The lowest BCUT2D eigenvalue weighted by Crippen LogP contribution is -1.85. The Labute approximate surface area is 242 Å². The Morgan fingerprint density at radius 1 is 0.167 bits per heavy atom. The average molecular weight is 529 g/mol. The maximum absolute atomic E-state index is 2.40. The molecule has 10 aromatic rings. The third kappa shape index (κ3) is 3.12. The first-order valence-electron chi connectivity index (χ1n) is 14.7. The molecule has 192 valence electrons. The first kappa shape index (κ1) is 22.3. The lowest BCUT2D eigenvalue weighted by atomic mass is 9.91. The number of hydrogen-bond donors (Lipinski definition) is 0. The van der Waals surface area contributed by atoms with E-state index in [0.717, 1.165) is 0 Å². The molecule has 42 heavy (non-hydrogen) atoms. The summed E-state index contributed by atoms with van der Waals surface area (Å²) < 4.78 is 0. The van der Waals surface area contributed by atoms with E-state index < -0.39 is 0 Å². The zero-order chi connectivity index (χ0) is 27.4. The van der Waals surface area contributed by atoms with Gasteiger partial charge in [0.15, 0.2) is 0 Å². The molecule has 0 amide bonds. The van der Waals surface area contributed by atoms with Gasteiger partial charge in [-0.05, 0) is 170 Å². The fourth-order valence-electron chi connectivity index (χ4n) is 7.35. The van der Waals surface area contributed by atoms with E-state index in [1.807, 2.05) is 0 Å². The molecule has 0 N–H and O–H groups in total. The summed E-state index contributed by atoms with van der Waals surface area (Å²) in [5.74, 6) is 0. The highest BCUT2D eigenvalue weighted by atomic mass is 14.1. The van der Waals surface area contributed by atoms with E-state index in [4.69, 9.17) is 0 Å². The third-order valence-corrected chi connectivity index (χ3v) is 9.39. The molecular weight excluding hydrogens is 504 g/mol. The molecular formula is C42H24. The van der Waals surface area contributed by atoms with Crippen molar-refractivity contribution in [3.05, 3.63) is 146 Å². The summed E-state index contributed by atoms with van der Waals surface area (Å²) in [6.07, 6.45) is 0. The van der Waals surface area contributed by atoms with E-state index in [1.165, 1.54) is 97.0 Å². The number of hydrogen-bond acceptors (Lipinski definition) is 0. The SMILES string of the molecule is c1ccc2cc3cc4cc5cc6cc7cc8c9ccccc9c9ccccc9c8cc7cc6cc5cc4cc3cc2c1. The highest BCUT2D eigenvalue weighted by molar-refractivity contribution is 6.27. The lowest BCUT2D eigenvalue weighted by molar-refractivity contribution is 1.79. The summed E-state index contributed by atoms with van der Waals surface area (Å²) in [6, 6.07) is 54.6. The van der Waals surface area contributed by atoms with Crippen LogP contribution in [-0.2, 0) is 0 Å². The molecule has 0 aliphatic rings. The van der Waals surface area contributed by atoms with Crippen LogP contribution in [0.25, 0.3) is 97.0 Å². The van der Waals surface area contributed by atoms with Crippen molar-refractivity contribution >= 4 is 97.0 Å². The summed E-state index contributed by atoms with van der Waals surface area (Å²) >= 11 is 0. The van der Waals surface area contributed by atoms with E-state index in [2.05, 4.69) is 146 Å². The van der Waals surface area contributed by atoms with Crippen molar-refractivity contribution < 1.29 is 0 Å². The maximum atomic E-state index is 2.40. The quantitative estimate of drug-likeness (QED) is 0.136. The van der Waals surface area contributed by atoms with Crippen LogP contribution in [0.15, 0.2) is 146 Å². The molecule has 0 bridgehead atoms. The Balaban J connectivity index is 1.24. The van der Waals surface area contributed by atoms with Crippen molar-refractivity contribution in [3.8, 4) is 0 Å². The van der Waals surface area contributed by atoms with Gasteiger partial charge in [-0.25, -0.2) is 0 Å². The van der Waals surface area contributed by atoms with E-state index >= 15 is 0 Å². The van der Waals surface area contributed by atoms with Crippen molar-refractivity contribution in [3.63, 3.8) is 0 Å². The molecule has 0 spiro atoms. The maximum Gasteiger partial charge on any atom is -0.00926 e. The van der Waals surface area contributed by atoms with Crippen molar-refractivity contribution in [1.29, 1.82) is 0 Å². The molecule has 0 aliphatic carbocycles. The van der Waals surface area contributed by atoms with Gasteiger partial charge in [-0.15, -0.1) is 0 Å². The summed E-state index contributed by atoms with van der Waals surface area (Å²) in [5, 5.41) is 23.4. The smallest absolute Gasteiger partial charge is 0.00926 e. The average Bonchev–Trinajstić information content (AvgIpc) is 3.03. The first-order valence-corrected chi connectivity index (χ1v) is 14.7. The van der Waals surface area contributed by atoms with E-state index in [1.54, 1.807) is 0 Å². The standard InChI is InChI=1S/C42H24/c1-2-8-26-14-28-16-30-18-32-20-34-22-36-24-42-40-12-6-4-10-38(40)37-9-3-5-11-39(37)41(42)23-35(36)21-33(34)19-31(32)17-29(30)15-27(28)13-25(26)7-1/h1-24H. The zero-order valence-corrected chi connectivity index (χ0v) is 22.9. The Morgan fingerprint density at radius 2 is 0.381 bits per heavy atom. The van der Waals surface area contributed by atoms with Crippen LogP contribution in [0.4, 0.5) is 0 Å². The van der Waals surface area contributed by atoms with Gasteiger partial charge in [0, 0.05) is 0 Å². The molecule has 0 atom stereocenters. The van der Waals surface area contributed by atoms with Crippen molar-refractivity contribution in [2.75, 3.05) is 0 Å². The molecule has 0 aromatic heterocycles. The molecule has 0 unspecified atom stereocenters. The Morgan fingerprint density at radius 3 is 0.690 bits per heavy atom. The summed E-state index contributed by atoms with van der Waals surface area (Å²) in [5.41, 5.74) is 0. The van der Waals surface area contributed by atoms with Gasteiger partial charge in [0.2, 0.25) is 0 Å². The molecule has 0 fully saturated rings. The number of fused-ring (bicyclic) bond motifs is 12. The first-order chi connectivity index (χ1) is 20.7. The second kappa shape index (κ2) is 8.06. The molecule has 0 nitrogen and oxygen atoms in total. The van der Waals surface area contributed by atoms with E-state index in [-0.39, 0.29) is 0 Å². The van der Waals surface area contributed by atoms with Crippen molar-refractivity contribution in [1.82, 2.24) is 0 Å². The minimum absolute atomic E-state index is 1.28. The van der Waals surface area contributed by atoms with E-state index in [9.17, 15) is 0 Å². The molecule has 10 aromatic carbocycles. The molecule has 0 saturated heterocycles. The molecule has 10 rings (SSSR count). The molecule has 0 heterocycles. The minimum atomic E-state index is 1.28. The zero-order valence-electron chi connectivity index (χ0n) is 22.9. The van der Waals surface area contributed by atoms with Crippen molar-refractivity contribution in [2.24, 2.45) is 0 Å². The van der Waals surface area contributed by atoms with Gasteiger partial charge in [-0.1, -0.05) is 72.8 Å². The minimum Gasteiger partial charge on any atom is -0.0616 e. The highest BCUT2D eigenvalue weighted by Gasteiger charge is 2.11. The highest BCUT2D eigenvalue weighted by Crippen LogP contribution is 2.39. The Kier molecular flexibility index (Phi) is 4.27. The van der Waals surface area contributed by atoms with Gasteiger partial charge in [-0.3, -0.25) is 0 Å². The monoisotopic (exact) mass is 528 g/mol. The van der Waals surface area contributed by atoms with Crippen LogP contribution < -0.4 is 0 Å². The molecule has 0 heteroatoms. The Hall–Kier alpha value is -5.46. The largest absolute Gasteiger partial charge is 0.0616 e. The summed E-state index contributed by atoms with van der Waals surface area (Å²) in [4.78, 5) is 0.